The number of hydrogen-bond acceptors (Lipinski definition) is 7. The van der Waals surface area contributed by atoms with Gasteiger partial charge in [0.25, 0.3) is 5.56 Å². The number of alkyl halides is 3. The fourth-order valence-electron chi connectivity index (χ4n) is 3.68. The van der Waals surface area contributed by atoms with Crippen molar-refractivity contribution in [3.8, 4) is 17.1 Å². The molecule has 1 atom stereocenters. The Balaban J connectivity index is 1.57. The molecule has 0 aliphatic heterocycles. The van der Waals surface area contributed by atoms with Gasteiger partial charge >= 0.3 is 6.18 Å². The molecule has 180 valence electrons. The van der Waals surface area contributed by atoms with Crippen LogP contribution in [0.5, 0.6) is 5.75 Å². The first kappa shape index (κ1) is 22.5. The Hall–Kier alpha value is -4.29. The van der Waals surface area contributed by atoms with Gasteiger partial charge in [0.15, 0.2) is 29.7 Å². The van der Waals surface area contributed by atoms with Crippen LogP contribution in [0.3, 0.4) is 0 Å². The molecule has 0 aliphatic rings. The number of fused-ring (bicyclic) bond motifs is 2. The van der Waals surface area contributed by atoms with E-state index in [2.05, 4.69) is 20.3 Å². The first-order valence-corrected chi connectivity index (χ1v) is 10.3. The van der Waals surface area contributed by atoms with Crippen LogP contribution in [0, 0.1) is 12.7 Å². The molecule has 0 saturated heterocycles. The maximum atomic E-state index is 14.8. The van der Waals surface area contributed by atoms with Crippen molar-refractivity contribution < 1.29 is 26.8 Å². The Morgan fingerprint density at radius 3 is 2.71 bits per heavy atom. The summed E-state index contributed by atoms with van der Waals surface area (Å²) in [5.41, 5.74) is 0.695. The zero-order valence-corrected chi connectivity index (χ0v) is 18.2. The normalized spacial score (nSPS) is 13.0. The number of hydrogen-bond donors (Lipinski definition) is 0. The number of aryl methyl sites for hydroxylation is 1. The summed E-state index contributed by atoms with van der Waals surface area (Å²) in [5.74, 6) is -0.254. The van der Waals surface area contributed by atoms with Crippen molar-refractivity contribution in [1.29, 1.82) is 0 Å². The molecule has 0 fully saturated rings. The standard InChI is InChI=1S/C22H16F4N6O3/c1-11-5-18(35-30-11)13-6-16(23)20-29-28-19(32(20)9-13)12(2)31-4-3-17-15(21(31)33)7-14(8-27-17)34-10-22(24,25)26/h3-9,12H,10H2,1-2H3. The molecule has 5 heterocycles. The van der Waals surface area contributed by atoms with Gasteiger partial charge in [-0.1, -0.05) is 5.16 Å². The minimum absolute atomic E-state index is 0.0508. The summed E-state index contributed by atoms with van der Waals surface area (Å²) in [4.78, 5) is 17.2. The van der Waals surface area contributed by atoms with Crippen molar-refractivity contribution >= 4 is 16.6 Å². The Morgan fingerprint density at radius 2 is 2.00 bits per heavy atom. The maximum absolute atomic E-state index is 14.8. The van der Waals surface area contributed by atoms with Crippen LogP contribution in [0.25, 0.3) is 27.9 Å². The van der Waals surface area contributed by atoms with Crippen molar-refractivity contribution in [1.82, 2.24) is 29.3 Å². The summed E-state index contributed by atoms with van der Waals surface area (Å²) in [6, 6.07) is 4.90. The summed E-state index contributed by atoms with van der Waals surface area (Å²) in [5, 5.41) is 11.8. The van der Waals surface area contributed by atoms with E-state index in [1.165, 1.54) is 33.4 Å². The van der Waals surface area contributed by atoms with Crippen LogP contribution in [0.1, 0.15) is 24.5 Å². The molecule has 35 heavy (non-hydrogen) atoms. The van der Waals surface area contributed by atoms with Crippen LogP contribution < -0.4 is 10.3 Å². The third-order valence-electron chi connectivity index (χ3n) is 5.34. The predicted molar refractivity (Wildman–Crippen MR) is 115 cm³/mol. The number of rotatable bonds is 5. The van der Waals surface area contributed by atoms with E-state index in [4.69, 9.17) is 9.26 Å². The van der Waals surface area contributed by atoms with Gasteiger partial charge in [-0.05, 0) is 32.0 Å². The van der Waals surface area contributed by atoms with Crippen molar-refractivity contribution in [3.05, 3.63) is 70.5 Å². The molecule has 0 N–H and O–H groups in total. The quantitative estimate of drug-likeness (QED) is 0.344. The summed E-state index contributed by atoms with van der Waals surface area (Å²) in [6.45, 7) is 1.88. The van der Waals surface area contributed by atoms with E-state index in [9.17, 15) is 22.4 Å². The Kier molecular flexibility index (Phi) is 5.26. The molecule has 0 amide bonds. The van der Waals surface area contributed by atoms with Gasteiger partial charge in [-0.3, -0.25) is 14.2 Å². The molecule has 0 spiro atoms. The molecular weight excluding hydrogens is 472 g/mol. The second kappa shape index (κ2) is 8.18. The van der Waals surface area contributed by atoms with Crippen LogP contribution in [0.15, 0.2) is 52.2 Å². The monoisotopic (exact) mass is 488 g/mol. The molecule has 0 bridgehead atoms. The Morgan fingerprint density at radius 1 is 1.20 bits per heavy atom. The fourth-order valence-corrected chi connectivity index (χ4v) is 3.68. The smallest absolute Gasteiger partial charge is 0.422 e. The van der Waals surface area contributed by atoms with Gasteiger partial charge in [0, 0.05) is 24.0 Å². The lowest BCUT2D eigenvalue weighted by Gasteiger charge is -2.15. The Bertz CT molecular complexity index is 1620. The molecule has 13 heteroatoms. The van der Waals surface area contributed by atoms with Gasteiger partial charge in [0.05, 0.1) is 28.8 Å². The van der Waals surface area contributed by atoms with Crippen LogP contribution in [0.2, 0.25) is 0 Å². The van der Waals surface area contributed by atoms with Crippen LogP contribution >= 0.6 is 0 Å². The van der Waals surface area contributed by atoms with Crippen LogP contribution in [0.4, 0.5) is 17.6 Å². The second-order valence-electron chi connectivity index (χ2n) is 7.87. The summed E-state index contributed by atoms with van der Waals surface area (Å²) in [7, 11) is 0. The lowest BCUT2D eigenvalue weighted by molar-refractivity contribution is -0.153. The van der Waals surface area contributed by atoms with E-state index >= 15 is 0 Å². The highest BCUT2D eigenvalue weighted by Crippen LogP contribution is 2.26. The highest BCUT2D eigenvalue weighted by atomic mass is 19.4. The second-order valence-corrected chi connectivity index (χ2v) is 7.87. The lowest BCUT2D eigenvalue weighted by atomic mass is 10.2. The van der Waals surface area contributed by atoms with E-state index < -0.39 is 30.2 Å². The van der Waals surface area contributed by atoms with Crippen LogP contribution in [-0.2, 0) is 0 Å². The van der Waals surface area contributed by atoms with E-state index in [1.807, 2.05) is 0 Å². The summed E-state index contributed by atoms with van der Waals surface area (Å²) < 4.78 is 64.9. The maximum Gasteiger partial charge on any atom is 0.422 e. The average molecular weight is 488 g/mol. The predicted octanol–water partition coefficient (Wildman–Crippen LogP) is 4.09. The van der Waals surface area contributed by atoms with Crippen molar-refractivity contribution in [2.75, 3.05) is 6.61 Å². The van der Waals surface area contributed by atoms with E-state index in [-0.39, 0.29) is 28.1 Å². The third kappa shape index (κ3) is 4.20. The molecular formula is C22H16F4N6O3. The van der Waals surface area contributed by atoms with Crippen molar-refractivity contribution in [2.24, 2.45) is 0 Å². The Labute approximate surface area is 193 Å². The van der Waals surface area contributed by atoms with Crippen molar-refractivity contribution in [3.63, 3.8) is 0 Å². The number of pyridine rings is 3. The van der Waals surface area contributed by atoms with Gasteiger partial charge in [-0.15, -0.1) is 10.2 Å². The van der Waals surface area contributed by atoms with Gasteiger partial charge in [0.1, 0.15) is 5.75 Å². The number of aromatic nitrogens is 6. The minimum atomic E-state index is -4.53. The molecule has 0 aromatic carbocycles. The molecule has 1 unspecified atom stereocenters. The number of halogens is 4. The zero-order valence-electron chi connectivity index (χ0n) is 18.2. The van der Waals surface area contributed by atoms with E-state index in [0.717, 1.165) is 6.20 Å². The highest BCUT2D eigenvalue weighted by molar-refractivity contribution is 5.78. The molecule has 9 nitrogen and oxygen atoms in total. The third-order valence-corrected chi connectivity index (χ3v) is 5.34. The molecule has 0 radical (unpaired) electrons. The summed E-state index contributed by atoms with van der Waals surface area (Å²) in [6.07, 6.45) is -0.378. The lowest BCUT2D eigenvalue weighted by Crippen LogP contribution is -2.25. The van der Waals surface area contributed by atoms with Gasteiger partial charge in [0.2, 0.25) is 0 Å². The van der Waals surface area contributed by atoms with Crippen LogP contribution in [-0.4, -0.2) is 42.1 Å². The van der Waals surface area contributed by atoms with Gasteiger partial charge in [-0.2, -0.15) is 13.2 Å². The molecule has 0 aliphatic carbocycles. The topological polar surface area (TPSA) is 100 Å². The molecule has 5 aromatic rings. The largest absolute Gasteiger partial charge is 0.482 e. The van der Waals surface area contributed by atoms with E-state index in [0.29, 0.717) is 17.0 Å². The van der Waals surface area contributed by atoms with E-state index in [1.54, 1.807) is 26.1 Å². The molecule has 5 rings (SSSR count). The van der Waals surface area contributed by atoms with Gasteiger partial charge in [-0.25, -0.2) is 4.39 Å². The average Bonchev–Trinajstić information content (AvgIpc) is 3.44. The fraction of sp³-hybridized carbons (Fsp3) is 0.227. The number of nitrogens with zero attached hydrogens (tertiary/aromatic N) is 6. The summed E-state index contributed by atoms with van der Waals surface area (Å²) >= 11 is 0. The first-order chi connectivity index (χ1) is 16.6. The minimum Gasteiger partial charge on any atom is -0.482 e. The SMILES string of the molecule is Cc1cc(-c2cc(F)c3nnc(C(C)n4ccc5ncc(OCC(F)(F)F)cc5c4=O)n3c2)on1. The molecule has 5 aromatic heterocycles. The van der Waals surface area contributed by atoms with Gasteiger partial charge < -0.3 is 13.8 Å². The molecule has 0 saturated carbocycles. The van der Waals surface area contributed by atoms with Crippen molar-refractivity contribution in [2.45, 2.75) is 26.1 Å². The number of ether oxygens (including phenoxy) is 1. The zero-order chi connectivity index (χ0) is 24.9. The highest BCUT2D eigenvalue weighted by Gasteiger charge is 2.28. The first-order valence-electron chi connectivity index (χ1n) is 10.3.